The molecular weight excluding hydrogens is 330 g/mol. The highest BCUT2D eigenvalue weighted by Crippen LogP contribution is 2.34. The molecule has 4 nitrogen and oxygen atoms in total. The van der Waals surface area contributed by atoms with Gasteiger partial charge in [-0.1, -0.05) is 11.6 Å². The van der Waals surface area contributed by atoms with Gasteiger partial charge in [-0.2, -0.15) is 0 Å². The maximum Gasteiger partial charge on any atom is 0.233 e. The molecule has 0 unspecified atom stereocenters. The summed E-state index contributed by atoms with van der Waals surface area (Å²) in [5.41, 5.74) is 7.45. The van der Waals surface area contributed by atoms with Crippen molar-refractivity contribution < 1.29 is 4.74 Å². The summed E-state index contributed by atoms with van der Waals surface area (Å²) in [6, 6.07) is 7.30. The first kappa shape index (κ1) is 14.0. The summed E-state index contributed by atoms with van der Waals surface area (Å²) in [7, 11) is 3.90. The van der Waals surface area contributed by atoms with Crippen LogP contribution in [0.4, 0.5) is 11.4 Å². The Bertz CT molecular complexity index is 604. The maximum atomic E-state index is 5.90. The number of hydrogen-bond acceptors (Lipinski definition) is 4. The van der Waals surface area contributed by atoms with Crippen molar-refractivity contribution in [1.82, 2.24) is 4.98 Å². The number of benzene rings is 1. The van der Waals surface area contributed by atoms with Gasteiger partial charge in [0.05, 0.1) is 15.2 Å². The summed E-state index contributed by atoms with van der Waals surface area (Å²) in [6.07, 6.45) is 1.52. The molecule has 100 valence electrons. The number of halogens is 2. The van der Waals surface area contributed by atoms with Crippen molar-refractivity contribution >= 4 is 38.9 Å². The third-order valence-electron chi connectivity index (χ3n) is 2.49. The third-order valence-corrected chi connectivity index (χ3v) is 3.27. The molecule has 0 saturated heterocycles. The van der Waals surface area contributed by atoms with Crippen molar-refractivity contribution in [2.45, 2.75) is 0 Å². The molecule has 0 aliphatic rings. The third kappa shape index (κ3) is 3.30. The Labute approximate surface area is 125 Å². The van der Waals surface area contributed by atoms with E-state index in [0.29, 0.717) is 26.8 Å². The van der Waals surface area contributed by atoms with Crippen LogP contribution in [0.3, 0.4) is 0 Å². The first-order valence-electron chi connectivity index (χ1n) is 5.53. The van der Waals surface area contributed by atoms with E-state index in [1.165, 1.54) is 6.20 Å². The van der Waals surface area contributed by atoms with E-state index >= 15 is 0 Å². The predicted octanol–water partition coefficient (Wildman–Crippen LogP) is 3.94. The molecule has 6 heteroatoms. The zero-order chi connectivity index (χ0) is 14.0. The van der Waals surface area contributed by atoms with Crippen molar-refractivity contribution in [2.75, 3.05) is 24.7 Å². The number of pyridine rings is 1. The molecule has 0 aliphatic heterocycles. The number of nitrogen functional groups attached to an aromatic ring is 1. The summed E-state index contributed by atoms with van der Waals surface area (Å²) in [5, 5.41) is 0.536. The van der Waals surface area contributed by atoms with Gasteiger partial charge in [0.1, 0.15) is 0 Å². The summed E-state index contributed by atoms with van der Waals surface area (Å²) < 4.78 is 6.39. The monoisotopic (exact) mass is 341 g/mol. The molecule has 19 heavy (non-hydrogen) atoms. The zero-order valence-electron chi connectivity index (χ0n) is 10.5. The van der Waals surface area contributed by atoms with Crippen molar-refractivity contribution in [2.24, 2.45) is 0 Å². The highest BCUT2D eigenvalue weighted by molar-refractivity contribution is 9.10. The van der Waals surface area contributed by atoms with Crippen LogP contribution in [0, 0.1) is 0 Å². The largest absolute Gasteiger partial charge is 0.436 e. The van der Waals surface area contributed by atoms with Crippen LogP contribution in [0.1, 0.15) is 0 Å². The fraction of sp³-hybridized carbons (Fsp3) is 0.154. The Morgan fingerprint density at radius 2 is 2.05 bits per heavy atom. The Kier molecular flexibility index (Phi) is 4.17. The second-order valence-corrected chi connectivity index (χ2v) is 5.45. The van der Waals surface area contributed by atoms with Crippen molar-refractivity contribution in [3.63, 3.8) is 0 Å². The van der Waals surface area contributed by atoms with Gasteiger partial charge in [-0.15, -0.1) is 0 Å². The average molecular weight is 343 g/mol. The summed E-state index contributed by atoms with van der Waals surface area (Å²) in [5.74, 6) is 0.980. The lowest BCUT2D eigenvalue weighted by molar-refractivity contribution is 0.462. The summed E-state index contributed by atoms with van der Waals surface area (Å²) in [6.45, 7) is 0. The molecular formula is C13H13BrClN3O. The Balaban J connectivity index is 2.34. The van der Waals surface area contributed by atoms with Gasteiger partial charge in [0.15, 0.2) is 5.75 Å². The van der Waals surface area contributed by atoms with E-state index in [9.17, 15) is 0 Å². The van der Waals surface area contributed by atoms with Crippen LogP contribution in [0.25, 0.3) is 0 Å². The number of aromatic nitrogens is 1. The number of anilines is 2. The number of ether oxygens (including phenoxy) is 1. The van der Waals surface area contributed by atoms with E-state index in [-0.39, 0.29) is 0 Å². The molecule has 0 atom stereocenters. The fourth-order valence-electron chi connectivity index (χ4n) is 1.47. The average Bonchev–Trinajstić information content (AvgIpc) is 2.34. The van der Waals surface area contributed by atoms with Crippen LogP contribution in [0.15, 0.2) is 34.9 Å². The van der Waals surface area contributed by atoms with Gasteiger partial charge in [0, 0.05) is 32.0 Å². The van der Waals surface area contributed by atoms with Crippen LogP contribution in [-0.2, 0) is 0 Å². The molecule has 2 rings (SSSR count). The number of hydrogen-bond donors (Lipinski definition) is 1. The second kappa shape index (κ2) is 5.67. The molecule has 0 fully saturated rings. The van der Waals surface area contributed by atoms with E-state index in [1.807, 2.05) is 31.1 Å². The minimum atomic E-state index is 0.423. The molecule has 0 aliphatic carbocycles. The molecule has 1 heterocycles. The molecule has 2 aromatic rings. The van der Waals surface area contributed by atoms with Crippen molar-refractivity contribution in [1.29, 1.82) is 0 Å². The molecule has 0 spiro atoms. The van der Waals surface area contributed by atoms with Gasteiger partial charge >= 0.3 is 0 Å². The Morgan fingerprint density at radius 1 is 1.32 bits per heavy atom. The first-order chi connectivity index (χ1) is 8.97. The topological polar surface area (TPSA) is 51.4 Å². The second-order valence-electron chi connectivity index (χ2n) is 4.16. The number of rotatable bonds is 3. The predicted molar refractivity (Wildman–Crippen MR) is 82.2 cm³/mol. The minimum Gasteiger partial charge on any atom is -0.436 e. The first-order valence-corrected chi connectivity index (χ1v) is 6.70. The van der Waals surface area contributed by atoms with Gasteiger partial charge in [-0.25, -0.2) is 4.98 Å². The van der Waals surface area contributed by atoms with Crippen molar-refractivity contribution in [3.8, 4) is 11.6 Å². The number of nitrogens with zero attached hydrogens (tertiary/aromatic N) is 2. The fourth-order valence-corrected chi connectivity index (χ4v) is 2.19. The van der Waals surface area contributed by atoms with E-state index in [0.717, 1.165) is 5.69 Å². The standard InChI is InChI=1S/C13H13BrClN3O/c1-18(2)9-3-4-11(16)12(6-9)19-13-10(14)5-8(15)7-17-13/h3-7H,16H2,1-2H3. The Morgan fingerprint density at radius 3 is 2.68 bits per heavy atom. The Hall–Kier alpha value is -1.46. The highest BCUT2D eigenvalue weighted by Gasteiger charge is 2.09. The summed E-state index contributed by atoms with van der Waals surface area (Å²) >= 11 is 9.19. The van der Waals surface area contributed by atoms with E-state index in [2.05, 4.69) is 20.9 Å². The van der Waals surface area contributed by atoms with E-state index in [1.54, 1.807) is 12.1 Å². The maximum absolute atomic E-state index is 5.90. The normalized spacial score (nSPS) is 10.3. The van der Waals surface area contributed by atoms with Crippen LogP contribution in [0.2, 0.25) is 5.02 Å². The SMILES string of the molecule is CN(C)c1ccc(N)c(Oc2ncc(Cl)cc2Br)c1. The zero-order valence-corrected chi connectivity index (χ0v) is 12.9. The van der Waals surface area contributed by atoms with Crippen molar-refractivity contribution in [3.05, 3.63) is 40.0 Å². The molecule has 2 N–H and O–H groups in total. The minimum absolute atomic E-state index is 0.423. The number of nitrogens with two attached hydrogens (primary N) is 1. The molecule has 1 aromatic heterocycles. The lowest BCUT2D eigenvalue weighted by Crippen LogP contribution is -2.08. The van der Waals surface area contributed by atoms with Gasteiger partial charge < -0.3 is 15.4 Å². The van der Waals surface area contributed by atoms with Gasteiger partial charge in [-0.3, -0.25) is 0 Å². The van der Waals surface area contributed by atoms with Crippen LogP contribution < -0.4 is 15.4 Å². The van der Waals surface area contributed by atoms with Gasteiger partial charge in [0.25, 0.3) is 0 Å². The smallest absolute Gasteiger partial charge is 0.233 e. The lowest BCUT2D eigenvalue weighted by atomic mass is 10.2. The summed E-state index contributed by atoms with van der Waals surface area (Å²) in [4.78, 5) is 6.09. The lowest BCUT2D eigenvalue weighted by Gasteiger charge is -2.15. The van der Waals surface area contributed by atoms with Crippen LogP contribution in [-0.4, -0.2) is 19.1 Å². The van der Waals surface area contributed by atoms with Crippen LogP contribution >= 0.6 is 27.5 Å². The molecule has 0 saturated carbocycles. The van der Waals surface area contributed by atoms with E-state index in [4.69, 9.17) is 22.1 Å². The van der Waals surface area contributed by atoms with Gasteiger partial charge in [-0.05, 0) is 34.1 Å². The quantitative estimate of drug-likeness (QED) is 0.859. The molecule has 1 aromatic carbocycles. The van der Waals surface area contributed by atoms with Gasteiger partial charge in [0.2, 0.25) is 5.88 Å². The molecule has 0 bridgehead atoms. The molecule has 0 radical (unpaired) electrons. The van der Waals surface area contributed by atoms with Crippen LogP contribution in [0.5, 0.6) is 11.6 Å². The van der Waals surface area contributed by atoms with E-state index < -0.39 is 0 Å². The highest BCUT2D eigenvalue weighted by atomic mass is 79.9. The molecule has 0 amide bonds.